The third-order valence-electron chi connectivity index (χ3n) is 4.92. The monoisotopic (exact) mass is 473 g/mol. The molecule has 3 aromatic rings. The highest BCUT2D eigenvalue weighted by molar-refractivity contribution is 7.92. The predicted octanol–water partition coefficient (Wildman–Crippen LogP) is 2.86. The van der Waals surface area contributed by atoms with Crippen molar-refractivity contribution in [3.63, 3.8) is 0 Å². The van der Waals surface area contributed by atoms with Gasteiger partial charge in [-0.1, -0.05) is 42.5 Å². The summed E-state index contributed by atoms with van der Waals surface area (Å²) in [6.45, 7) is 0.411. The number of sulfone groups is 1. The largest absolute Gasteiger partial charge is 0.462 e. The number of hydrogen-bond donors (Lipinski definition) is 1. The molecule has 2 aromatic carbocycles. The van der Waals surface area contributed by atoms with Crippen LogP contribution in [0.5, 0.6) is 0 Å². The van der Waals surface area contributed by atoms with E-state index in [-0.39, 0.29) is 10.8 Å². The molecule has 0 spiro atoms. The lowest BCUT2D eigenvalue weighted by Crippen LogP contribution is -2.28. The maximum atomic E-state index is 12.8. The molecule has 0 unspecified atom stereocenters. The summed E-state index contributed by atoms with van der Waals surface area (Å²) in [5, 5.41) is 7.27. The topological polar surface area (TPSA) is 107 Å². The Morgan fingerprint density at radius 2 is 1.79 bits per heavy atom. The molecule has 33 heavy (non-hydrogen) atoms. The van der Waals surface area contributed by atoms with Gasteiger partial charge in [0.2, 0.25) is 0 Å². The smallest absolute Gasteiger partial charge is 0.321 e. The highest BCUT2D eigenvalue weighted by Crippen LogP contribution is 2.20. The van der Waals surface area contributed by atoms with Gasteiger partial charge in [0.05, 0.1) is 16.6 Å². The zero-order valence-electron chi connectivity index (χ0n) is 18.2. The van der Waals surface area contributed by atoms with Gasteiger partial charge in [0.15, 0.2) is 15.6 Å². The van der Waals surface area contributed by atoms with E-state index in [1.54, 1.807) is 32.2 Å². The lowest BCUT2D eigenvalue weighted by Gasteiger charge is -2.15. The minimum Gasteiger partial charge on any atom is -0.462 e. The molecule has 0 aliphatic carbocycles. The standard InChI is InChI=1S/C23H24FN3O5S/c1-16(17-8-10-19(11-9-17)33(30,31)15-22(28)32-13-12-24)25-23(29)21-14-20(26-27(21)2)18-6-4-3-5-7-18/h3-11,14,16H,12-13,15H2,1-2H3,(H,25,29)/t16-/m1/s1. The van der Waals surface area contributed by atoms with Crippen LogP contribution in [-0.2, 0) is 26.4 Å². The van der Waals surface area contributed by atoms with Crippen molar-refractivity contribution < 1.29 is 27.1 Å². The molecule has 1 atom stereocenters. The molecule has 174 valence electrons. The molecular weight excluding hydrogens is 449 g/mol. The number of alkyl halides is 1. The van der Waals surface area contributed by atoms with Gasteiger partial charge in [-0.05, 0) is 30.7 Å². The molecule has 1 aromatic heterocycles. The van der Waals surface area contributed by atoms with Crippen molar-refractivity contribution in [3.05, 3.63) is 71.9 Å². The molecule has 0 aliphatic rings. The van der Waals surface area contributed by atoms with Crippen molar-refractivity contribution in [3.8, 4) is 11.3 Å². The average Bonchev–Trinajstić information content (AvgIpc) is 3.20. The van der Waals surface area contributed by atoms with Crippen LogP contribution in [-0.4, -0.2) is 49.1 Å². The van der Waals surface area contributed by atoms with Crippen LogP contribution < -0.4 is 5.32 Å². The first-order chi connectivity index (χ1) is 15.7. The van der Waals surface area contributed by atoms with Crippen molar-refractivity contribution >= 4 is 21.7 Å². The number of rotatable bonds is 9. The molecule has 8 nitrogen and oxygen atoms in total. The van der Waals surface area contributed by atoms with Gasteiger partial charge in [-0.2, -0.15) is 5.10 Å². The molecule has 3 rings (SSSR count). The number of carbonyl (C=O) groups excluding carboxylic acids is 2. The summed E-state index contributed by atoms with van der Waals surface area (Å²) < 4.78 is 42.7. The van der Waals surface area contributed by atoms with E-state index in [1.165, 1.54) is 16.8 Å². The van der Waals surface area contributed by atoms with Crippen molar-refractivity contribution in [2.75, 3.05) is 19.0 Å². The van der Waals surface area contributed by atoms with Gasteiger partial charge in [0.1, 0.15) is 19.0 Å². The van der Waals surface area contributed by atoms with Gasteiger partial charge in [-0.3, -0.25) is 14.3 Å². The summed E-state index contributed by atoms with van der Waals surface area (Å²) in [6, 6.07) is 16.6. The molecule has 1 N–H and O–H groups in total. The van der Waals surface area contributed by atoms with E-state index >= 15 is 0 Å². The molecule has 0 saturated carbocycles. The number of nitrogens with zero attached hydrogens (tertiary/aromatic N) is 2. The number of amides is 1. The van der Waals surface area contributed by atoms with Crippen molar-refractivity contribution in [2.45, 2.75) is 17.9 Å². The molecule has 0 radical (unpaired) electrons. The molecule has 1 heterocycles. The molecule has 10 heteroatoms. The Balaban J connectivity index is 1.67. The number of nitrogens with one attached hydrogen (secondary N) is 1. The van der Waals surface area contributed by atoms with E-state index in [2.05, 4.69) is 15.2 Å². The van der Waals surface area contributed by atoms with Gasteiger partial charge in [-0.25, -0.2) is 12.8 Å². The van der Waals surface area contributed by atoms with E-state index in [9.17, 15) is 22.4 Å². The SMILES string of the molecule is C[C@@H](NC(=O)c1cc(-c2ccccc2)nn1C)c1ccc(S(=O)(=O)CC(=O)OCCF)cc1. The fourth-order valence-electron chi connectivity index (χ4n) is 3.18. The summed E-state index contributed by atoms with van der Waals surface area (Å²) in [6.07, 6.45) is 0. The van der Waals surface area contributed by atoms with Crippen LogP contribution in [0.2, 0.25) is 0 Å². The quantitative estimate of drug-likeness (QED) is 0.479. The zero-order chi connectivity index (χ0) is 24.0. The van der Waals surface area contributed by atoms with E-state index < -0.39 is 40.9 Å². The van der Waals surface area contributed by atoms with E-state index in [4.69, 9.17) is 0 Å². The molecule has 0 bridgehead atoms. The van der Waals surface area contributed by atoms with Crippen LogP contribution >= 0.6 is 0 Å². The van der Waals surface area contributed by atoms with Gasteiger partial charge in [-0.15, -0.1) is 0 Å². The minimum atomic E-state index is -3.92. The lowest BCUT2D eigenvalue weighted by atomic mass is 10.1. The van der Waals surface area contributed by atoms with Crippen LogP contribution in [0.15, 0.2) is 65.6 Å². The number of aryl methyl sites for hydroxylation is 1. The van der Waals surface area contributed by atoms with Crippen LogP contribution in [0.1, 0.15) is 29.0 Å². The summed E-state index contributed by atoms with van der Waals surface area (Å²) in [5.41, 5.74) is 2.63. The summed E-state index contributed by atoms with van der Waals surface area (Å²) in [7, 11) is -2.24. The fraction of sp³-hybridized carbons (Fsp3) is 0.261. The number of ether oxygens (including phenoxy) is 1. The number of hydrogen-bond acceptors (Lipinski definition) is 6. The lowest BCUT2D eigenvalue weighted by molar-refractivity contribution is -0.140. The third-order valence-corrected chi connectivity index (χ3v) is 6.52. The van der Waals surface area contributed by atoms with Gasteiger partial charge >= 0.3 is 5.97 Å². The third kappa shape index (κ3) is 6.04. The van der Waals surface area contributed by atoms with Crippen molar-refractivity contribution in [1.29, 1.82) is 0 Å². The number of carbonyl (C=O) groups is 2. The number of halogens is 1. The number of benzene rings is 2. The van der Waals surface area contributed by atoms with Crippen LogP contribution in [0, 0.1) is 0 Å². The molecule has 0 aliphatic heterocycles. The highest BCUT2D eigenvalue weighted by atomic mass is 32.2. The van der Waals surface area contributed by atoms with Crippen LogP contribution in [0.4, 0.5) is 4.39 Å². The Morgan fingerprint density at radius 1 is 1.12 bits per heavy atom. The average molecular weight is 474 g/mol. The summed E-state index contributed by atoms with van der Waals surface area (Å²) >= 11 is 0. The Labute approximate surface area is 191 Å². The first-order valence-corrected chi connectivity index (χ1v) is 11.8. The Bertz CT molecular complexity index is 1220. The maximum absolute atomic E-state index is 12.8. The minimum absolute atomic E-state index is 0.0684. The second-order valence-corrected chi connectivity index (χ2v) is 9.33. The molecular formula is C23H24FN3O5S. The van der Waals surface area contributed by atoms with E-state index in [1.807, 2.05) is 30.3 Å². The molecule has 0 saturated heterocycles. The van der Waals surface area contributed by atoms with Crippen molar-refractivity contribution in [2.24, 2.45) is 7.05 Å². The number of esters is 1. The van der Waals surface area contributed by atoms with Gasteiger partial charge < -0.3 is 10.1 Å². The Hall–Kier alpha value is -3.53. The fourth-order valence-corrected chi connectivity index (χ4v) is 4.29. The summed E-state index contributed by atoms with van der Waals surface area (Å²) in [4.78, 5) is 24.2. The van der Waals surface area contributed by atoms with E-state index in [0.717, 1.165) is 5.56 Å². The van der Waals surface area contributed by atoms with Gasteiger partial charge in [0.25, 0.3) is 5.91 Å². The Morgan fingerprint density at radius 3 is 2.42 bits per heavy atom. The zero-order valence-corrected chi connectivity index (χ0v) is 19.0. The normalized spacial score (nSPS) is 12.2. The first kappa shape index (κ1) is 24.1. The molecule has 1 amide bonds. The maximum Gasteiger partial charge on any atom is 0.321 e. The van der Waals surface area contributed by atoms with Gasteiger partial charge in [0, 0.05) is 12.6 Å². The first-order valence-electron chi connectivity index (χ1n) is 10.2. The second kappa shape index (κ2) is 10.4. The summed E-state index contributed by atoms with van der Waals surface area (Å²) in [5.74, 6) is -2.21. The molecule has 0 fully saturated rings. The number of aromatic nitrogens is 2. The Kier molecular flexibility index (Phi) is 7.59. The van der Waals surface area contributed by atoms with Crippen LogP contribution in [0.3, 0.4) is 0 Å². The van der Waals surface area contributed by atoms with Crippen molar-refractivity contribution in [1.82, 2.24) is 15.1 Å². The van der Waals surface area contributed by atoms with Crippen LogP contribution in [0.25, 0.3) is 11.3 Å². The predicted molar refractivity (Wildman–Crippen MR) is 120 cm³/mol. The highest BCUT2D eigenvalue weighted by Gasteiger charge is 2.21. The van der Waals surface area contributed by atoms with E-state index in [0.29, 0.717) is 17.0 Å². The second-order valence-electron chi connectivity index (χ2n) is 7.34.